The third kappa shape index (κ3) is 43.6. The van der Waals surface area contributed by atoms with Gasteiger partial charge in [-0.2, -0.15) is 0 Å². The predicted octanol–water partition coefficient (Wildman–Crippen LogP) is 12.5. The summed E-state index contributed by atoms with van der Waals surface area (Å²) < 4.78 is 44.8. The van der Waals surface area contributed by atoms with Gasteiger partial charge in [-0.3, -0.25) is 28.2 Å². The number of phosphoric ester groups is 1. The van der Waals surface area contributed by atoms with Crippen LogP contribution in [0.15, 0.2) is 0 Å². The SMILES string of the molecule is CCCCCCCCOC(=O)CCCCCCCC(=O)OC(COC(=O)CCCCCCC(=O)OC(CCCCCCCC)CCCCCCCC)COP(=O)(O)OCCN(C)C. The number of hydrogen-bond donors (Lipinski definition) is 1. The third-order valence-corrected chi connectivity index (χ3v) is 12.0. The molecule has 0 saturated carbocycles. The summed E-state index contributed by atoms with van der Waals surface area (Å²) in [6.45, 7) is 6.66. The van der Waals surface area contributed by atoms with Crippen LogP contribution in [0.25, 0.3) is 0 Å². The summed E-state index contributed by atoms with van der Waals surface area (Å²) in [4.78, 5) is 62.0. The molecule has 14 heteroatoms. The highest BCUT2D eigenvalue weighted by molar-refractivity contribution is 7.47. The van der Waals surface area contributed by atoms with Crippen molar-refractivity contribution in [2.75, 3.05) is 47.1 Å². The predicted molar refractivity (Wildman–Crippen MR) is 251 cm³/mol. The summed E-state index contributed by atoms with van der Waals surface area (Å²) in [5.74, 6) is -1.31. The first kappa shape index (κ1) is 60.9. The van der Waals surface area contributed by atoms with Crippen molar-refractivity contribution in [3.8, 4) is 0 Å². The molecule has 0 bridgehead atoms. The van der Waals surface area contributed by atoms with Crippen molar-refractivity contribution in [2.45, 2.75) is 245 Å². The molecular formula is C49H94NO12P. The molecule has 0 aromatic carbocycles. The molecule has 2 unspecified atom stereocenters. The average molecular weight is 920 g/mol. The van der Waals surface area contributed by atoms with Crippen LogP contribution in [0.3, 0.4) is 0 Å². The fourth-order valence-corrected chi connectivity index (χ4v) is 7.83. The molecule has 0 rings (SSSR count). The van der Waals surface area contributed by atoms with Crippen molar-refractivity contribution in [3.05, 3.63) is 0 Å². The second-order valence-corrected chi connectivity index (χ2v) is 19.0. The Labute approximate surface area is 384 Å². The van der Waals surface area contributed by atoms with Gasteiger partial charge < -0.3 is 28.7 Å². The maximum atomic E-state index is 12.8. The summed E-state index contributed by atoms with van der Waals surface area (Å²) in [5.41, 5.74) is 0. The Bertz CT molecular complexity index is 1140. The first-order chi connectivity index (χ1) is 30.4. The molecule has 0 aromatic rings. The van der Waals surface area contributed by atoms with Crippen LogP contribution in [0.4, 0.5) is 0 Å². The van der Waals surface area contributed by atoms with Crippen LogP contribution >= 0.6 is 7.82 Å². The minimum absolute atomic E-state index is 0.00255. The molecule has 0 radical (unpaired) electrons. The maximum Gasteiger partial charge on any atom is 0.472 e. The van der Waals surface area contributed by atoms with E-state index in [2.05, 4.69) is 20.8 Å². The van der Waals surface area contributed by atoms with Gasteiger partial charge in [-0.05, 0) is 71.9 Å². The quantitative estimate of drug-likeness (QED) is 0.0266. The minimum Gasteiger partial charge on any atom is -0.466 e. The Morgan fingerprint density at radius 1 is 0.444 bits per heavy atom. The Balaban J connectivity index is 4.63. The van der Waals surface area contributed by atoms with Gasteiger partial charge in [0.05, 0.1) is 19.8 Å². The van der Waals surface area contributed by atoms with Crippen LogP contribution in [-0.4, -0.2) is 92.9 Å². The van der Waals surface area contributed by atoms with E-state index >= 15 is 0 Å². The van der Waals surface area contributed by atoms with Crippen molar-refractivity contribution in [1.82, 2.24) is 4.90 Å². The van der Waals surface area contributed by atoms with Gasteiger partial charge in [0.25, 0.3) is 0 Å². The molecule has 2 atom stereocenters. The highest BCUT2D eigenvalue weighted by atomic mass is 31.2. The zero-order chi connectivity index (χ0) is 46.7. The normalized spacial score (nSPS) is 13.0. The number of likely N-dealkylation sites (N-methyl/N-ethyl adjacent to an activating group) is 1. The highest BCUT2D eigenvalue weighted by Crippen LogP contribution is 2.43. The molecule has 1 N–H and O–H groups in total. The molecule has 13 nitrogen and oxygen atoms in total. The van der Waals surface area contributed by atoms with Gasteiger partial charge in [-0.25, -0.2) is 4.57 Å². The fraction of sp³-hybridized carbons (Fsp3) is 0.918. The van der Waals surface area contributed by atoms with Crippen LogP contribution in [0.2, 0.25) is 0 Å². The monoisotopic (exact) mass is 920 g/mol. The summed E-state index contributed by atoms with van der Waals surface area (Å²) in [5, 5.41) is 0. The van der Waals surface area contributed by atoms with Gasteiger partial charge in [-0.15, -0.1) is 0 Å². The van der Waals surface area contributed by atoms with Crippen LogP contribution in [0, 0.1) is 0 Å². The number of ether oxygens (including phenoxy) is 4. The summed E-state index contributed by atoms with van der Waals surface area (Å²) in [6.07, 6.45) is 29.8. The van der Waals surface area contributed by atoms with Crippen LogP contribution < -0.4 is 0 Å². The van der Waals surface area contributed by atoms with Gasteiger partial charge in [0, 0.05) is 32.2 Å². The molecule has 0 heterocycles. The van der Waals surface area contributed by atoms with E-state index in [0.29, 0.717) is 45.3 Å². The van der Waals surface area contributed by atoms with Crippen LogP contribution in [0.1, 0.15) is 233 Å². The molecule has 372 valence electrons. The Hall–Kier alpha value is -2.05. The van der Waals surface area contributed by atoms with E-state index < -0.39 is 32.5 Å². The lowest BCUT2D eigenvalue weighted by molar-refractivity contribution is -0.161. The Kier molecular flexibility index (Phi) is 42.4. The van der Waals surface area contributed by atoms with E-state index in [4.69, 9.17) is 28.0 Å². The zero-order valence-corrected chi connectivity index (χ0v) is 41.8. The minimum atomic E-state index is -4.44. The lowest BCUT2D eigenvalue weighted by atomic mass is 10.0. The number of carbonyl (C=O) groups excluding carboxylic acids is 4. The second kappa shape index (κ2) is 43.8. The number of rotatable bonds is 47. The number of unbranched alkanes of at least 4 members (excludes halogenated alkanes) is 22. The van der Waals surface area contributed by atoms with E-state index in [1.807, 2.05) is 0 Å². The number of carbonyl (C=O) groups is 4. The lowest BCUT2D eigenvalue weighted by Gasteiger charge is -2.20. The number of hydrogen-bond acceptors (Lipinski definition) is 12. The van der Waals surface area contributed by atoms with Gasteiger partial charge in [0.2, 0.25) is 0 Å². The van der Waals surface area contributed by atoms with Gasteiger partial charge in [0.15, 0.2) is 6.10 Å². The molecule has 0 aliphatic rings. The molecule has 0 saturated heterocycles. The van der Waals surface area contributed by atoms with Gasteiger partial charge in [0.1, 0.15) is 12.7 Å². The van der Waals surface area contributed by atoms with E-state index in [0.717, 1.165) is 77.0 Å². The third-order valence-electron chi connectivity index (χ3n) is 11.0. The van der Waals surface area contributed by atoms with E-state index in [1.54, 1.807) is 19.0 Å². The molecule has 0 amide bonds. The van der Waals surface area contributed by atoms with Crippen molar-refractivity contribution in [1.29, 1.82) is 0 Å². The van der Waals surface area contributed by atoms with E-state index in [-0.39, 0.29) is 44.1 Å². The summed E-state index contributed by atoms with van der Waals surface area (Å²) >= 11 is 0. The zero-order valence-electron chi connectivity index (χ0n) is 40.9. The summed E-state index contributed by atoms with van der Waals surface area (Å²) in [6, 6.07) is 0. The van der Waals surface area contributed by atoms with Crippen molar-refractivity contribution < 1.29 is 56.6 Å². The number of esters is 4. The second-order valence-electron chi connectivity index (χ2n) is 17.6. The molecule has 0 aliphatic heterocycles. The first-order valence-corrected chi connectivity index (χ1v) is 26.9. The highest BCUT2D eigenvalue weighted by Gasteiger charge is 2.26. The molecule has 0 spiro atoms. The van der Waals surface area contributed by atoms with Crippen molar-refractivity contribution in [2.24, 2.45) is 0 Å². The van der Waals surface area contributed by atoms with Crippen molar-refractivity contribution in [3.63, 3.8) is 0 Å². The van der Waals surface area contributed by atoms with Crippen LogP contribution in [0.5, 0.6) is 0 Å². The average Bonchev–Trinajstić information content (AvgIpc) is 3.24. The van der Waals surface area contributed by atoms with E-state index in [9.17, 15) is 28.6 Å². The molecule has 0 aromatic heterocycles. The van der Waals surface area contributed by atoms with E-state index in [1.165, 1.54) is 89.9 Å². The smallest absolute Gasteiger partial charge is 0.466 e. The first-order valence-electron chi connectivity index (χ1n) is 25.4. The molecular weight excluding hydrogens is 826 g/mol. The Morgan fingerprint density at radius 2 is 0.825 bits per heavy atom. The van der Waals surface area contributed by atoms with Gasteiger partial charge in [-0.1, -0.05) is 149 Å². The van der Waals surface area contributed by atoms with Crippen molar-refractivity contribution >= 4 is 31.7 Å². The molecule has 63 heavy (non-hydrogen) atoms. The fourth-order valence-electron chi connectivity index (χ4n) is 7.09. The lowest BCUT2D eigenvalue weighted by Crippen LogP contribution is -2.29. The maximum absolute atomic E-state index is 12.8. The number of phosphoric acid groups is 1. The van der Waals surface area contributed by atoms with Gasteiger partial charge >= 0.3 is 31.7 Å². The summed E-state index contributed by atoms with van der Waals surface area (Å²) in [7, 11) is -0.844. The molecule has 0 aliphatic carbocycles. The standard InChI is InChI=1S/C49H94NO12P/c1-6-9-12-15-19-26-33-44(34-27-20-16-13-10-7-2)61-48(53)37-31-24-23-29-36-47(52)58-42-45(43-60-63(55,56)59-41-39-50(4)5)62-49(54)38-30-22-18-21-28-35-46(51)57-40-32-25-17-14-11-8-3/h44-45H,6-43H2,1-5H3,(H,55,56). The Morgan fingerprint density at radius 3 is 1.29 bits per heavy atom. The topological polar surface area (TPSA) is 164 Å². The molecule has 0 fully saturated rings. The largest absolute Gasteiger partial charge is 0.472 e. The van der Waals surface area contributed by atoms with Crippen LogP contribution in [-0.2, 0) is 51.7 Å². The number of nitrogens with zero attached hydrogens (tertiary/aromatic N) is 1.